The van der Waals surface area contributed by atoms with Crippen molar-refractivity contribution in [1.29, 1.82) is 0 Å². The number of rotatable bonds is 2. The van der Waals surface area contributed by atoms with E-state index in [1.165, 1.54) is 0 Å². The predicted octanol–water partition coefficient (Wildman–Crippen LogP) is 3.72. The Kier molecular flexibility index (Phi) is 4.69. The molecule has 1 aromatic carbocycles. The fourth-order valence-electron chi connectivity index (χ4n) is 4.75. The van der Waals surface area contributed by atoms with Gasteiger partial charge in [-0.3, -0.25) is 9.89 Å². The Balaban J connectivity index is 1.62. The molecular formula is C20H22F3N3O2. The van der Waals surface area contributed by atoms with Gasteiger partial charge in [0.2, 0.25) is 0 Å². The summed E-state index contributed by atoms with van der Waals surface area (Å²) in [4.78, 5) is 14.6. The minimum Gasteiger partial charge on any atom is -0.385 e. The van der Waals surface area contributed by atoms with Crippen LogP contribution in [0.1, 0.15) is 53.8 Å². The number of piperidine rings is 1. The van der Waals surface area contributed by atoms with Crippen LogP contribution in [0.4, 0.5) is 13.2 Å². The highest BCUT2D eigenvalue weighted by Gasteiger charge is 2.50. The molecule has 2 aliphatic rings. The minimum absolute atomic E-state index is 0.147. The van der Waals surface area contributed by atoms with Gasteiger partial charge in [-0.2, -0.15) is 18.3 Å². The van der Waals surface area contributed by atoms with Gasteiger partial charge in [-0.05, 0) is 24.8 Å². The van der Waals surface area contributed by atoms with Crippen LogP contribution in [0.25, 0.3) is 0 Å². The van der Waals surface area contributed by atoms with E-state index in [4.69, 9.17) is 0 Å². The summed E-state index contributed by atoms with van der Waals surface area (Å²) in [5, 5.41) is 17.0. The molecule has 28 heavy (non-hydrogen) atoms. The highest BCUT2D eigenvalue weighted by atomic mass is 19.4. The topological polar surface area (TPSA) is 69.2 Å². The standard InChI is InChI=1S/C20H22F3N3O2/c21-20(22,23)17-12-15(24-25-17)18(27)26-11-10-19(28,13-6-2-1-3-7-13)14-8-4-5-9-16(14)26/h1-3,6-7,12,14,16,28H,4-5,8-11H2,(H,24,25)/t14-,16+,19-/m1/s1. The number of nitrogens with one attached hydrogen (secondary N) is 1. The van der Waals surface area contributed by atoms with Crippen LogP contribution in [0.2, 0.25) is 0 Å². The van der Waals surface area contributed by atoms with Gasteiger partial charge in [0.25, 0.3) is 5.91 Å². The van der Waals surface area contributed by atoms with E-state index in [9.17, 15) is 23.1 Å². The summed E-state index contributed by atoms with van der Waals surface area (Å²) in [6.07, 6.45) is -0.863. The molecule has 2 heterocycles. The fraction of sp³-hybridized carbons (Fsp3) is 0.500. The van der Waals surface area contributed by atoms with Crippen molar-refractivity contribution in [3.05, 3.63) is 53.3 Å². The van der Waals surface area contributed by atoms with Crippen LogP contribution in [0.15, 0.2) is 36.4 Å². The largest absolute Gasteiger partial charge is 0.435 e. The fourth-order valence-corrected chi connectivity index (χ4v) is 4.75. The molecule has 1 aliphatic heterocycles. The Morgan fingerprint density at radius 2 is 1.93 bits per heavy atom. The van der Waals surface area contributed by atoms with E-state index < -0.39 is 23.4 Å². The average molecular weight is 393 g/mol. The second-order valence-electron chi connectivity index (χ2n) is 7.66. The van der Waals surface area contributed by atoms with Gasteiger partial charge < -0.3 is 10.0 Å². The Morgan fingerprint density at radius 3 is 2.61 bits per heavy atom. The lowest BCUT2D eigenvalue weighted by Crippen LogP contribution is -2.59. The smallest absolute Gasteiger partial charge is 0.385 e. The molecule has 1 saturated heterocycles. The Morgan fingerprint density at radius 1 is 1.21 bits per heavy atom. The number of hydrogen-bond acceptors (Lipinski definition) is 3. The molecule has 0 radical (unpaired) electrons. The Labute approximate surface area is 160 Å². The number of likely N-dealkylation sites (tertiary alicyclic amines) is 1. The second-order valence-corrected chi connectivity index (χ2v) is 7.66. The van der Waals surface area contributed by atoms with Crippen LogP contribution in [0.5, 0.6) is 0 Å². The van der Waals surface area contributed by atoms with Crippen LogP contribution in [-0.2, 0) is 11.8 Å². The summed E-state index contributed by atoms with van der Waals surface area (Å²) in [6.45, 7) is 0.283. The number of aromatic amines is 1. The predicted molar refractivity (Wildman–Crippen MR) is 95.3 cm³/mol. The Hall–Kier alpha value is -2.35. The number of nitrogens with zero attached hydrogens (tertiary/aromatic N) is 2. The summed E-state index contributed by atoms with van der Waals surface area (Å²) < 4.78 is 38.5. The third kappa shape index (κ3) is 3.19. The maximum Gasteiger partial charge on any atom is 0.435 e. The van der Waals surface area contributed by atoms with E-state index >= 15 is 0 Å². The lowest BCUT2D eigenvalue weighted by molar-refractivity contribution is -0.141. The number of hydrogen-bond donors (Lipinski definition) is 2. The van der Waals surface area contributed by atoms with E-state index in [0.29, 0.717) is 6.42 Å². The van der Waals surface area contributed by atoms with Gasteiger partial charge in [-0.15, -0.1) is 0 Å². The van der Waals surface area contributed by atoms with Crippen molar-refractivity contribution < 1.29 is 23.1 Å². The molecule has 150 valence electrons. The summed E-state index contributed by atoms with van der Waals surface area (Å²) in [5.41, 5.74) is -1.47. The van der Waals surface area contributed by atoms with Crippen molar-refractivity contribution in [3.63, 3.8) is 0 Å². The number of aliphatic hydroxyl groups is 1. The zero-order chi connectivity index (χ0) is 19.9. The number of benzene rings is 1. The van der Waals surface area contributed by atoms with E-state index in [-0.39, 0.29) is 24.2 Å². The monoisotopic (exact) mass is 393 g/mol. The van der Waals surface area contributed by atoms with Crippen molar-refractivity contribution in [3.8, 4) is 0 Å². The van der Waals surface area contributed by atoms with Gasteiger partial charge in [-0.25, -0.2) is 0 Å². The van der Waals surface area contributed by atoms with Crippen LogP contribution >= 0.6 is 0 Å². The van der Waals surface area contributed by atoms with Crippen molar-refractivity contribution >= 4 is 5.91 Å². The maximum absolute atomic E-state index is 12.9. The first-order valence-corrected chi connectivity index (χ1v) is 9.52. The van der Waals surface area contributed by atoms with Crippen LogP contribution < -0.4 is 0 Å². The van der Waals surface area contributed by atoms with Gasteiger partial charge in [0.05, 0.1) is 5.60 Å². The number of alkyl halides is 3. The molecule has 1 aromatic heterocycles. The van der Waals surface area contributed by atoms with E-state index in [2.05, 4.69) is 10.2 Å². The molecule has 1 saturated carbocycles. The molecule has 1 aliphatic carbocycles. The summed E-state index contributed by atoms with van der Waals surface area (Å²) in [5.74, 6) is -0.638. The minimum atomic E-state index is -4.60. The molecule has 8 heteroatoms. The van der Waals surface area contributed by atoms with Crippen LogP contribution in [-0.4, -0.2) is 38.7 Å². The van der Waals surface area contributed by atoms with Crippen molar-refractivity contribution in [2.45, 2.75) is 49.9 Å². The highest BCUT2D eigenvalue weighted by Crippen LogP contribution is 2.47. The number of carbonyl (C=O) groups is 1. The number of halogens is 3. The van der Waals surface area contributed by atoms with E-state index in [1.54, 1.807) is 4.90 Å². The molecule has 2 N–H and O–H groups in total. The van der Waals surface area contributed by atoms with Gasteiger partial charge in [-0.1, -0.05) is 43.2 Å². The first-order chi connectivity index (χ1) is 13.3. The third-order valence-corrected chi connectivity index (χ3v) is 6.11. The van der Waals surface area contributed by atoms with Gasteiger partial charge in [0.1, 0.15) is 5.69 Å². The lowest BCUT2D eigenvalue weighted by atomic mass is 9.66. The highest BCUT2D eigenvalue weighted by molar-refractivity contribution is 5.92. The van der Waals surface area contributed by atoms with Crippen molar-refractivity contribution in [2.75, 3.05) is 6.54 Å². The normalized spacial score (nSPS) is 28.1. The van der Waals surface area contributed by atoms with Crippen LogP contribution in [0, 0.1) is 5.92 Å². The van der Waals surface area contributed by atoms with Gasteiger partial charge in [0.15, 0.2) is 5.69 Å². The first-order valence-electron chi connectivity index (χ1n) is 9.52. The average Bonchev–Trinajstić information content (AvgIpc) is 3.20. The molecule has 0 spiro atoms. The van der Waals surface area contributed by atoms with Crippen LogP contribution in [0.3, 0.4) is 0 Å². The zero-order valence-corrected chi connectivity index (χ0v) is 15.2. The molecule has 3 atom stereocenters. The molecule has 1 amide bonds. The van der Waals surface area contributed by atoms with E-state index in [1.807, 2.05) is 30.3 Å². The Bertz CT molecular complexity index is 852. The van der Waals surface area contributed by atoms with Crippen molar-refractivity contribution in [1.82, 2.24) is 15.1 Å². The number of carbonyl (C=O) groups excluding carboxylic acids is 1. The summed E-state index contributed by atoms with van der Waals surface area (Å²) in [7, 11) is 0. The number of fused-ring (bicyclic) bond motifs is 1. The molecule has 2 aromatic rings. The maximum atomic E-state index is 12.9. The van der Waals surface area contributed by atoms with Gasteiger partial charge >= 0.3 is 6.18 Å². The molecule has 2 fully saturated rings. The van der Waals surface area contributed by atoms with E-state index in [0.717, 1.165) is 37.3 Å². The number of H-pyrrole nitrogens is 1. The molecular weight excluding hydrogens is 371 g/mol. The first kappa shape index (κ1) is 19.0. The van der Waals surface area contributed by atoms with Crippen molar-refractivity contribution in [2.24, 2.45) is 5.92 Å². The molecule has 0 unspecified atom stereocenters. The number of aromatic nitrogens is 2. The SMILES string of the molecule is O=C(c1cc(C(F)(F)F)n[nH]1)N1CC[C@@](O)(c2ccccc2)[C@@H]2CCCC[C@@H]21. The summed E-state index contributed by atoms with van der Waals surface area (Å²) >= 11 is 0. The third-order valence-electron chi connectivity index (χ3n) is 6.11. The molecule has 0 bridgehead atoms. The lowest BCUT2D eigenvalue weighted by Gasteiger charge is -2.52. The summed E-state index contributed by atoms with van der Waals surface area (Å²) in [6, 6.07) is 10.00. The van der Waals surface area contributed by atoms with Gasteiger partial charge in [0, 0.05) is 24.6 Å². The second kappa shape index (κ2) is 6.92. The molecule has 5 nitrogen and oxygen atoms in total. The number of amides is 1. The molecule has 4 rings (SSSR count). The zero-order valence-electron chi connectivity index (χ0n) is 15.2. The quantitative estimate of drug-likeness (QED) is 0.817.